The van der Waals surface area contributed by atoms with E-state index in [4.69, 9.17) is 5.73 Å². The lowest BCUT2D eigenvalue weighted by Gasteiger charge is -2.13. The molecule has 0 aliphatic heterocycles. The maximum absolute atomic E-state index is 11.5. The Balaban J connectivity index is 2.60. The average molecular weight is 257 g/mol. The molecule has 0 aliphatic carbocycles. The van der Waals surface area contributed by atoms with Gasteiger partial charge in [-0.1, -0.05) is 6.07 Å². The molecule has 6 heteroatoms. The van der Waals surface area contributed by atoms with Crippen molar-refractivity contribution in [3.63, 3.8) is 0 Å². The molecule has 1 aromatic rings. The van der Waals surface area contributed by atoms with E-state index < -0.39 is 10.0 Å². The van der Waals surface area contributed by atoms with Gasteiger partial charge in [0.25, 0.3) is 0 Å². The highest BCUT2D eigenvalue weighted by Gasteiger charge is 2.12. The van der Waals surface area contributed by atoms with Gasteiger partial charge in [-0.3, -0.25) is 0 Å². The van der Waals surface area contributed by atoms with E-state index in [1.54, 1.807) is 6.07 Å². The number of nitrogens with zero attached hydrogens (tertiary/aromatic N) is 1. The van der Waals surface area contributed by atoms with Gasteiger partial charge in [-0.2, -0.15) is 0 Å². The third-order valence-electron chi connectivity index (χ3n) is 2.49. The molecule has 0 bridgehead atoms. The van der Waals surface area contributed by atoms with Gasteiger partial charge in [0, 0.05) is 32.0 Å². The molecule has 0 fully saturated rings. The van der Waals surface area contributed by atoms with Crippen LogP contribution in [0, 0.1) is 6.92 Å². The van der Waals surface area contributed by atoms with E-state index in [1.165, 1.54) is 18.4 Å². The van der Waals surface area contributed by atoms with Crippen LogP contribution in [0.25, 0.3) is 0 Å². The minimum atomic E-state index is -3.15. The molecule has 0 saturated heterocycles. The molecular weight excluding hydrogens is 238 g/mol. The van der Waals surface area contributed by atoms with E-state index in [0.717, 1.165) is 11.3 Å². The second-order valence-electron chi connectivity index (χ2n) is 4.10. The van der Waals surface area contributed by atoms with Crippen molar-refractivity contribution in [3.05, 3.63) is 23.8 Å². The Labute approximate surface area is 103 Å². The molecule has 0 radical (unpaired) electrons. The van der Waals surface area contributed by atoms with E-state index in [0.29, 0.717) is 12.2 Å². The largest absolute Gasteiger partial charge is 0.399 e. The third-order valence-corrected chi connectivity index (χ3v) is 4.33. The summed E-state index contributed by atoms with van der Waals surface area (Å²) in [6.45, 7) is 2.31. The quantitative estimate of drug-likeness (QED) is 0.768. The number of nitrogens with one attached hydrogen (secondary N) is 1. The fourth-order valence-electron chi connectivity index (χ4n) is 1.33. The van der Waals surface area contributed by atoms with Gasteiger partial charge >= 0.3 is 0 Å². The lowest BCUT2D eigenvalue weighted by molar-refractivity contribution is 0.521. The number of nitrogens with two attached hydrogens (primary N) is 1. The summed E-state index contributed by atoms with van der Waals surface area (Å²) >= 11 is 0. The molecule has 0 unspecified atom stereocenters. The number of hydrogen-bond donors (Lipinski definition) is 2. The van der Waals surface area contributed by atoms with Gasteiger partial charge in [0.2, 0.25) is 10.0 Å². The number of hydrogen-bond acceptors (Lipinski definition) is 4. The monoisotopic (exact) mass is 257 g/mol. The van der Waals surface area contributed by atoms with Crippen molar-refractivity contribution in [2.75, 3.05) is 37.4 Å². The minimum absolute atomic E-state index is 0.0637. The zero-order valence-electron chi connectivity index (χ0n) is 10.4. The Kier molecular flexibility index (Phi) is 4.36. The van der Waals surface area contributed by atoms with E-state index in [9.17, 15) is 8.42 Å². The summed E-state index contributed by atoms with van der Waals surface area (Å²) in [4.78, 5) is 0. The molecule has 17 heavy (non-hydrogen) atoms. The topological polar surface area (TPSA) is 75.4 Å². The normalized spacial score (nSPS) is 11.8. The van der Waals surface area contributed by atoms with Crippen molar-refractivity contribution in [2.24, 2.45) is 0 Å². The molecule has 0 saturated carbocycles. The van der Waals surface area contributed by atoms with E-state index >= 15 is 0 Å². The first-order valence-corrected chi connectivity index (χ1v) is 6.94. The van der Waals surface area contributed by atoms with E-state index in [2.05, 4.69) is 5.32 Å². The van der Waals surface area contributed by atoms with Crippen LogP contribution in [-0.2, 0) is 10.0 Å². The molecule has 0 heterocycles. The van der Waals surface area contributed by atoms with Crippen LogP contribution in [0.1, 0.15) is 5.56 Å². The minimum Gasteiger partial charge on any atom is -0.399 e. The van der Waals surface area contributed by atoms with Crippen LogP contribution in [0.3, 0.4) is 0 Å². The smallest absolute Gasteiger partial charge is 0.215 e. The highest BCUT2D eigenvalue weighted by atomic mass is 32.2. The van der Waals surface area contributed by atoms with Crippen LogP contribution >= 0.6 is 0 Å². The summed E-state index contributed by atoms with van der Waals surface area (Å²) in [5, 5.41) is 3.08. The summed E-state index contributed by atoms with van der Waals surface area (Å²) in [5.74, 6) is 0.0637. The number of sulfonamides is 1. The maximum atomic E-state index is 11.5. The van der Waals surface area contributed by atoms with E-state index in [-0.39, 0.29) is 5.75 Å². The van der Waals surface area contributed by atoms with Crippen LogP contribution in [-0.4, -0.2) is 39.1 Å². The molecule has 5 nitrogen and oxygen atoms in total. The summed E-state index contributed by atoms with van der Waals surface area (Å²) in [6.07, 6.45) is 0. The number of aryl methyl sites for hydroxylation is 1. The van der Waals surface area contributed by atoms with Crippen molar-refractivity contribution in [1.29, 1.82) is 0 Å². The number of benzene rings is 1. The number of nitrogen functional groups attached to an aromatic ring is 1. The lowest BCUT2D eigenvalue weighted by atomic mass is 10.2. The highest BCUT2D eigenvalue weighted by Crippen LogP contribution is 2.17. The molecule has 0 atom stereocenters. The summed E-state index contributed by atoms with van der Waals surface area (Å²) in [6, 6.07) is 5.52. The second kappa shape index (κ2) is 5.37. The maximum Gasteiger partial charge on any atom is 0.215 e. The molecular formula is C11H19N3O2S. The van der Waals surface area contributed by atoms with Gasteiger partial charge in [-0.25, -0.2) is 12.7 Å². The summed E-state index contributed by atoms with van der Waals surface area (Å²) in [5.41, 5.74) is 8.24. The van der Waals surface area contributed by atoms with Gasteiger partial charge < -0.3 is 11.1 Å². The molecule has 1 rings (SSSR count). The second-order valence-corrected chi connectivity index (χ2v) is 6.40. The van der Waals surface area contributed by atoms with Crippen molar-refractivity contribution in [3.8, 4) is 0 Å². The zero-order valence-corrected chi connectivity index (χ0v) is 11.2. The van der Waals surface area contributed by atoms with Gasteiger partial charge in [-0.05, 0) is 24.6 Å². The number of rotatable bonds is 5. The van der Waals surface area contributed by atoms with Crippen LogP contribution < -0.4 is 11.1 Å². The van der Waals surface area contributed by atoms with Crippen LogP contribution in [0.5, 0.6) is 0 Å². The first kappa shape index (κ1) is 13.8. The van der Waals surface area contributed by atoms with Gasteiger partial charge in [0.1, 0.15) is 0 Å². The molecule has 0 spiro atoms. The van der Waals surface area contributed by atoms with Crippen molar-refractivity contribution in [2.45, 2.75) is 6.92 Å². The van der Waals surface area contributed by atoms with Gasteiger partial charge in [-0.15, -0.1) is 0 Å². The third kappa shape index (κ3) is 3.90. The highest BCUT2D eigenvalue weighted by molar-refractivity contribution is 7.89. The first-order chi connectivity index (χ1) is 7.83. The standard InChI is InChI=1S/C11H19N3O2S/c1-9-4-5-10(12)8-11(9)13-6-7-17(15,16)14(2)3/h4-5,8,13H,6-7,12H2,1-3H3. The van der Waals surface area contributed by atoms with Crippen molar-refractivity contribution < 1.29 is 8.42 Å². The predicted octanol–water partition coefficient (Wildman–Crippen LogP) is 0.881. The Morgan fingerprint density at radius 3 is 2.59 bits per heavy atom. The fraction of sp³-hybridized carbons (Fsp3) is 0.455. The summed E-state index contributed by atoms with van der Waals surface area (Å²) in [7, 11) is -0.0940. The predicted molar refractivity (Wildman–Crippen MR) is 71.6 cm³/mol. The molecule has 0 aliphatic rings. The Morgan fingerprint density at radius 1 is 1.35 bits per heavy atom. The van der Waals surface area contributed by atoms with E-state index in [1.807, 2.05) is 19.1 Å². The van der Waals surface area contributed by atoms with Crippen molar-refractivity contribution in [1.82, 2.24) is 4.31 Å². The molecule has 1 aromatic carbocycles. The Bertz CT molecular complexity index is 483. The van der Waals surface area contributed by atoms with Crippen LogP contribution in [0.2, 0.25) is 0 Å². The Morgan fingerprint density at radius 2 is 2.00 bits per heavy atom. The SMILES string of the molecule is Cc1ccc(N)cc1NCCS(=O)(=O)N(C)C. The van der Waals surface area contributed by atoms with Gasteiger partial charge in [0.15, 0.2) is 0 Å². The first-order valence-electron chi connectivity index (χ1n) is 5.33. The Hall–Kier alpha value is -1.27. The zero-order chi connectivity index (χ0) is 13.1. The van der Waals surface area contributed by atoms with Crippen LogP contribution in [0.4, 0.5) is 11.4 Å². The van der Waals surface area contributed by atoms with Crippen molar-refractivity contribution >= 4 is 21.4 Å². The van der Waals surface area contributed by atoms with Crippen LogP contribution in [0.15, 0.2) is 18.2 Å². The molecule has 0 amide bonds. The summed E-state index contributed by atoms with van der Waals surface area (Å²) < 4.78 is 24.3. The number of anilines is 2. The fourth-order valence-corrected chi connectivity index (χ4v) is 2.05. The average Bonchev–Trinajstić information content (AvgIpc) is 2.22. The lowest BCUT2D eigenvalue weighted by Crippen LogP contribution is -2.28. The molecule has 96 valence electrons. The molecule has 3 N–H and O–H groups in total. The van der Waals surface area contributed by atoms with Gasteiger partial charge in [0.05, 0.1) is 5.75 Å². The molecule has 0 aromatic heterocycles.